The highest BCUT2D eigenvalue weighted by Crippen LogP contribution is 2.20. The van der Waals surface area contributed by atoms with Gasteiger partial charge in [-0.25, -0.2) is 0 Å². The average molecular weight is 1050 g/mol. The van der Waals surface area contributed by atoms with Crippen molar-refractivity contribution in [1.29, 1.82) is 0 Å². The van der Waals surface area contributed by atoms with Crippen LogP contribution in [0.2, 0.25) is 0 Å². The Morgan fingerprint density at radius 1 is 0.603 bits per heavy atom. The van der Waals surface area contributed by atoms with Gasteiger partial charge in [-0.15, -0.1) is 0 Å². The lowest BCUT2D eigenvalue weighted by atomic mass is 10.0. The molecule has 1 aromatic heterocycles. The van der Waals surface area contributed by atoms with Gasteiger partial charge in [-0.2, -0.15) is 25.3 Å². The number of carbonyl (C=O) groups excluding carboxylic acids is 8. The van der Waals surface area contributed by atoms with Gasteiger partial charge in [0.2, 0.25) is 47.3 Å². The van der Waals surface area contributed by atoms with E-state index < -0.39 is 108 Å². The maximum Gasteiger partial charge on any atom is 0.245 e. The van der Waals surface area contributed by atoms with Gasteiger partial charge in [0.05, 0.1) is 18.2 Å². The molecule has 21 nitrogen and oxygen atoms in total. The number of nitrogens with two attached hydrogens (primary N) is 3. The smallest absolute Gasteiger partial charge is 0.245 e. The summed E-state index contributed by atoms with van der Waals surface area (Å²) in [7, 11) is 1.43. The first-order valence-electron chi connectivity index (χ1n) is 23.8. The fourth-order valence-electron chi connectivity index (χ4n) is 7.91. The van der Waals surface area contributed by atoms with Gasteiger partial charge in [0, 0.05) is 48.5 Å². The second kappa shape index (κ2) is 29.3. The minimum Gasteiger partial charge on any atom is -0.391 e. The molecule has 0 unspecified atom stereocenters. The lowest BCUT2D eigenvalue weighted by Crippen LogP contribution is -2.62. The van der Waals surface area contributed by atoms with Gasteiger partial charge in [0.15, 0.2) is 0 Å². The van der Waals surface area contributed by atoms with Crippen molar-refractivity contribution >= 4 is 83.4 Å². The minimum atomic E-state index is -1.70. The van der Waals surface area contributed by atoms with Gasteiger partial charge < -0.3 is 69.2 Å². The van der Waals surface area contributed by atoms with Crippen molar-refractivity contribution in [3.8, 4) is 0 Å². The second-order valence-corrected chi connectivity index (χ2v) is 18.5. The number of aromatic nitrogens is 1. The molecule has 0 saturated heterocycles. The lowest BCUT2D eigenvalue weighted by Gasteiger charge is -2.30. The molecule has 1 heterocycles. The van der Waals surface area contributed by atoms with Crippen molar-refractivity contribution in [2.75, 3.05) is 25.1 Å². The van der Waals surface area contributed by atoms with E-state index in [-0.39, 0.29) is 43.7 Å². The molecule has 0 spiro atoms. The zero-order chi connectivity index (χ0) is 53.8. The topological polar surface area (TPSA) is 346 Å². The number of unbranched alkanes of at least 4 members (excludes halogenated alkanes) is 1. The number of nitrogens with one attached hydrogen (secondary N) is 7. The summed E-state index contributed by atoms with van der Waals surface area (Å²) in [5, 5.41) is 36.8. The molecule has 3 aromatic carbocycles. The number of benzene rings is 3. The molecule has 0 saturated carbocycles. The molecule has 0 bridgehead atoms. The second-order valence-electron chi connectivity index (χ2n) is 17.8. The third-order valence-corrected chi connectivity index (χ3v) is 12.8. The third kappa shape index (κ3) is 17.6. The third-order valence-electron chi connectivity index (χ3n) is 12.1. The first kappa shape index (κ1) is 59.1. The van der Waals surface area contributed by atoms with E-state index in [2.05, 4.69) is 62.1 Å². The number of aliphatic hydroxyl groups excluding tert-OH is 2. The van der Waals surface area contributed by atoms with Crippen LogP contribution in [0.5, 0.6) is 0 Å². The molecule has 0 aliphatic heterocycles. The Bertz CT molecular complexity index is 2480. The quantitative estimate of drug-likeness (QED) is 0.0218. The molecule has 4 aromatic rings. The van der Waals surface area contributed by atoms with Gasteiger partial charge in [-0.3, -0.25) is 38.4 Å². The number of hydrogen-bond donors (Lipinski definition) is 14. The molecule has 0 aliphatic rings. The number of hydrogen-bond acceptors (Lipinski definition) is 14. The average Bonchev–Trinajstić information content (AvgIpc) is 3.78. The Labute approximate surface area is 435 Å². The molecule has 0 fully saturated rings. The molecule has 10 atom stereocenters. The summed E-state index contributed by atoms with van der Waals surface area (Å²) in [5.41, 5.74) is 20.2. The highest BCUT2D eigenvalue weighted by atomic mass is 32.1. The summed E-state index contributed by atoms with van der Waals surface area (Å²) in [6.07, 6.45) is -0.458. The van der Waals surface area contributed by atoms with E-state index in [4.69, 9.17) is 17.2 Å². The van der Waals surface area contributed by atoms with Gasteiger partial charge in [0.25, 0.3) is 0 Å². The van der Waals surface area contributed by atoms with Gasteiger partial charge in [-0.1, -0.05) is 78.9 Å². The summed E-state index contributed by atoms with van der Waals surface area (Å²) in [6, 6.07) is 14.4. The van der Waals surface area contributed by atoms with E-state index in [0.717, 1.165) is 16.5 Å². The van der Waals surface area contributed by atoms with Gasteiger partial charge >= 0.3 is 0 Å². The Kier molecular flexibility index (Phi) is 23.7. The van der Waals surface area contributed by atoms with Crippen molar-refractivity contribution in [3.63, 3.8) is 0 Å². The fourth-order valence-corrected chi connectivity index (χ4v) is 8.58. The Balaban J connectivity index is 1.63. The number of aliphatic hydroxyl groups is 2. The van der Waals surface area contributed by atoms with Crippen LogP contribution in [-0.2, 0) is 57.6 Å². The van der Waals surface area contributed by atoms with Crippen LogP contribution in [0.4, 0.5) is 0 Å². The molecule has 73 heavy (non-hydrogen) atoms. The van der Waals surface area contributed by atoms with E-state index in [0.29, 0.717) is 24.0 Å². The number of H-pyrrole nitrogens is 1. The van der Waals surface area contributed by atoms with Crippen LogP contribution in [0.15, 0.2) is 91.1 Å². The first-order valence-corrected chi connectivity index (χ1v) is 25.1. The summed E-state index contributed by atoms with van der Waals surface area (Å²) in [6.45, 7) is 2.68. The van der Waals surface area contributed by atoms with Crippen LogP contribution in [0, 0.1) is 0 Å². The van der Waals surface area contributed by atoms with Crippen LogP contribution in [-0.4, -0.2) is 153 Å². The molecule has 396 valence electrons. The normalized spacial score (nSPS) is 15.4. The summed E-state index contributed by atoms with van der Waals surface area (Å²) < 4.78 is 0. The molecular formula is C50H69N11O10S2. The molecular weight excluding hydrogens is 979 g/mol. The van der Waals surface area contributed by atoms with E-state index >= 15 is 0 Å². The predicted octanol–water partition coefficient (Wildman–Crippen LogP) is -1.51. The summed E-state index contributed by atoms with van der Waals surface area (Å²) in [4.78, 5) is 114. The van der Waals surface area contributed by atoms with Crippen molar-refractivity contribution in [2.45, 2.75) is 113 Å². The van der Waals surface area contributed by atoms with Gasteiger partial charge in [-0.05, 0) is 68.8 Å². The number of para-hydroxylation sites is 1. The number of primary amides is 1. The van der Waals surface area contributed by atoms with Crippen molar-refractivity contribution in [3.05, 3.63) is 108 Å². The maximum absolute atomic E-state index is 14.7. The van der Waals surface area contributed by atoms with Crippen LogP contribution in [0.3, 0.4) is 0 Å². The fraction of sp³-hybridized carbons (Fsp3) is 0.440. The Morgan fingerprint density at radius 2 is 1.10 bits per heavy atom. The number of fused-ring (bicyclic) bond motifs is 1. The number of rotatable bonds is 29. The van der Waals surface area contributed by atoms with Crippen LogP contribution < -0.4 is 49.1 Å². The lowest BCUT2D eigenvalue weighted by molar-refractivity contribution is -0.140. The molecule has 0 radical (unpaired) electrons. The van der Waals surface area contributed by atoms with Gasteiger partial charge in [0.1, 0.15) is 42.3 Å². The van der Waals surface area contributed by atoms with Crippen LogP contribution >= 0.6 is 25.3 Å². The largest absolute Gasteiger partial charge is 0.391 e. The zero-order valence-electron chi connectivity index (χ0n) is 41.0. The SMILES string of the molecule is C[C@@H](O)[C@H](NC(=O)[C@H](CS)NC(=O)[C@@H](NC(=O)[C@H](CCCCN)NC(=O)[C@@H](Cc1c[nH]c2ccccc12)NC(=O)[C@H](Cc1ccccc1)NC(=O)[C@H](CS)N(C)C(=O)[C@H](N)Cc1ccccc1)[C@@H](C)O)C(N)=O. The molecule has 8 amide bonds. The van der Waals surface area contributed by atoms with Crippen LogP contribution in [0.1, 0.15) is 49.8 Å². The standard InChI is InChI=1S/C50H69N11O10S2/c1-28(62)41(43(53)64)59-47(68)39(26-72)58-49(70)42(29(2)63)60-44(65)36(20-12-13-21-51)55-46(67)38(24-32-25-54-35-19-11-10-18-33(32)35)56-45(66)37(23-31-16-8-5-9-17-31)57-48(69)40(27-73)61(3)50(71)34(52)22-30-14-6-4-7-15-30/h4-11,14-19,25,28-29,34,36-42,54,62-63,72-73H,12-13,20-24,26-27,51-52H2,1-3H3,(H2,53,64)(H,55,67)(H,56,66)(H,57,69)(H,58,70)(H,59,68)(H,60,65)/t28-,29-,34-,36+,37+,38-,39+,40+,41+,42+/m1/s1. The first-order chi connectivity index (χ1) is 34.8. The molecule has 23 heteroatoms. The number of thiol groups is 2. The minimum absolute atomic E-state index is 0.00869. The number of nitrogens with zero attached hydrogens (tertiary/aromatic N) is 1. The summed E-state index contributed by atoms with van der Waals surface area (Å²) in [5.74, 6) is -7.20. The van der Waals surface area contributed by atoms with E-state index in [1.807, 2.05) is 48.5 Å². The van der Waals surface area contributed by atoms with E-state index in [1.54, 1.807) is 42.6 Å². The van der Waals surface area contributed by atoms with E-state index in [9.17, 15) is 48.6 Å². The number of carbonyl (C=O) groups is 8. The number of aromatic amines is 1. The zero-order valence-corrected chi connectivity index (χ0v) is 42.8. The highest BCUT2D eigenvalue weighted by molar-refractivity contribution is 7.80. The molecule has 15 N–H and O–H groups in total. The Hall–Kier alpha value is -6.50. The monoisotopic (exact) mass is 1050 g/mol. The maximum atomic E-state index is 14.7. The van der Waals surface area contributed by atoms with E-state index in [1.165, 1.54) is 25.8 Å². The van der Waals surface area contributed by atoms with Crippen molar-refractivity contribution < 1.29 is 48.6 Å². The van der Waals surface area contributed by atoms with Crippen molar-refractivity contribution in [1.82, 2.24) is 41.8 Å². The number of amides is 8. The highest BCUT2D eigenvalue weighted by Gasteiger charge is 2.37. The number of likely N-dealkylation sites (N-methyl/N-ethyl adjacent to an activating group) is 1. The molecule has 0 aliphatic carbocycles. The van der Waals surface area contributed by atoms with Crippen molar-refractivity contribution in [2.24, 2.45) is 17.2 Å². The predicted molar refractivity (Wildman–Crippen MR) is 282 cm³/mol. The van der Waals surface area contributed by atoms with Crippen LogP contribution in [0.25, 0.3) is 10.9 Å². The summed E-state index contributed by atoms with van der Waals surface area (Å²) >= 11 is 8.52. The molecule has 4 rings (SSSR count). The Morgan fingerprint density at radius 3 is 1.66 bits per heavy atom.